The van der Waals surface area contributed by atoms with Crippen molar-refractivity contribution in [2.45, 2.75) is 163 Å². The van der Waals surface area contributed by atoms with E-state index >= 15 is 0 Å². The molecule has 0 saturated carbocycles. The van der Waals surface area contributed by atoms with Crippen molar-refractivity contribution >= 4 is 59.8 Å². The molecule has 0 aromatic carbocycles. The highest BCUT2D eigenvalue weighted by molar-refractivity contribution is 7.98. The molecule has 61 heavy (non-hydrogen) atoms. The third-order valence-electron chi connectivity index (χ3n) is 7.52. The summed E-state index contributed by atoms with van der Waals surface area (Å²) < 4.78 is 30.2. The number of nitrogens with zero attached hydrogens (tertiary/aromatic N) is 1. The van der Waals surface area contributed by atoms with Gasteiger partial charge in [0.1, 0.15) is 28.9 Å². The van der Waals surface area contributed by atoms with Crippen LogP contribution in [0.25, 0.3) is 0 Å². The van der Waals surface area contributed by atoms with Crippen molar-refractivity contribution in [3.05, 3.63) is 12.3 Å². The zero-order chi connectivity index (χ0) is 47.6. The molecular weight excluding hydrogens is 817 g/mol. The van der Waals surface area contributed by atoms with E-state index in [0.717, 1.165) is 12.8 Å². The first-order valence-corrected chi connectivity index (χ1v) is 21.6. The number of amides is 4. The maximum atomic E-state index is 13.0. The summed E-state index contributed by atoms with van der Waals surface area (Å²) in [5, 5.41) is 9.94. The quantitative estimate of drug-likeness (QED) is 0.0297. The van der Waals surface area contributed by atoms with Gasteiger partial charge in [0, 0.05) is 24.4 Å². The first-order chi connectivity index (χ1) is 28.1. The number of hydrogen-bond donors (Lipinski definition) is 5. The fraction of sp³-hybridized carbons (Fsp3) is 0.756. The Morgan fingerprint density at radius 3 is 1.66 bits per heavy atom. The van der Waals surface area contributed by atoms with Crippen molar-refractivity contribution in [1.29, 1.82) is 0 Å². The predicted molar refractivity (Wildman–Crippen MR) is 234 cm³/mol. The molecule has 0 fully saturated rings. The van der Waals surface area contributed by atoms with Crippen molar-refractivity contribution in [1.82, 2.24) is 21.3 Å². The SMILES string of the molecule is C=C(CCCCC(N)C(=O)OC)NC(=O)OC(C)(C)C.CCC(C)OC(=O)N[C@@H](CSC)C(=O)CC(CCCN=C(NC(=O)OC(C)(C)C)NC(=O)OC(C)(C)C)C(=O)OC. The van der Waals surface area contributed by atoms with E-state index in [1.54, 1.807) is 75.5 Å². The summed E-state index contributed by atoms with van der Waals surface area (Å²) in [4.78, 5) is 88.9. The van der Waals surface area contributed by atoms with Gasteiger partial charge in [-0.2, -0.15) is 11.8 Å². The number of thioether (sulfide) groups is 1. The molecule has 0 aliphatic carbocycles. The summed E-state index contributed by atoms with van der Waals surface area (Å²) in [5.74, 6) is -1.99. The van der Waals surface area contributed by atoms with Crippen LogP contribution in [0.1, 0.15) is 128 Å². The minimum atomic E-state index is -0.839. The average molecular weight is 891 g/mol. The molecule has 4 atom stereocenters. The van der Waals surface area contributed by atoms with Gasteiger partial charge in [0.15, 0.2) is 5.78 Å². The number of methoxy groups -OCH3 is 2. The third kappa shape index (κ3) is 32.8. The van der Waals surface area contributed by atoms with Gasteiger partial charge in [-0.1, -0.05) is 19.9 Å². The number of carbonyl (C=O) groups excluding carboxylic acids is 7. The molecule has 19 nitrogen and oxygen atoms in total. The van der Waals surface area contributed by atoms with Gasteiger partial charge in [-0.25, -0.2) is 19.2 Å². The molecule has 0 bridgehead atoms. The number of guanidine groups is 1. The molecule has 0 rings (SSSR count). The summed E-state index contributed by atoms with van der Waals surface area (Å²) in [6, 6.07) is -1.43. The number of unbranched alkanes of at least 4 members (excludes halogenated alkanes) is 1. The van der Waals surface area contributed by atoms with Crippen molar-refractivity contribution < 1.29 is 62.0 Å². The smallest absolute Gasteiger partial charge is 0.414 e. The lowest BCUT2D eigenvalue weighted by molar-refractivity contribution is -0.147. The maximum absolute atomic E-state index is 13.0. The molecule has 0 aliphatic rings. The number of esters is 2. The predicted octanol–water partition coefficient (Wildman–Crippen LogP) is 6.26. The van der Waals surface area contributed by atoms with Crippen LogP contribution in [0.3, 0.4) is 0 Å². The van der Waals surface area contributed by atoms with Crippen LogP contribution in [-0.4, -0.2) is 116 Å². The van der Waals surface area contributed by atoms with Crippen LogP contribution in [0.2, 0.25) is 0 Å². The van der Waals surface area contributed by atoms with Gasteiger partial charge in [-0.3, -0.25) is 35.3 Å². The number of hydrogen-bond acceptors (Lipinski definition) is 16. The van der Waals surface area contributed by atoms with Gasteiger partial charge in [-0.15, -0.1) is 0 Å². The Morgan fingerprint density at radius 2 is 1.21 bits per heavy atom. The first kappa shape index (κ1) is 58.5. The van der Waals surface area contributed by atoms with Gasteiger partial charge in [0.25, 0.3) is 0 Å². The molecule has 3 unspecified atom stereocenters. The van der Waals surface area contributed by atoms with E-state index in [0.29, 0.717) is 37.1 Å². The number of ether oxygens (including phenoxy) is 6. The van der Waals surface area contributed by atoms with Crippen LogP contribution in [0, 0.1) is 5.92 Å². The van der Waals surface area contributed by atoms with Crippen molar-refractivity contribution in [2.24, 2.45) is 16.6 Å². The molecule has 20 heteroatoms. The Labute approximate surface area is 366 Å². The zero-order valence-corrected chi connectivity index (χ0v) is 39.6. The summed E-state index contributed by atoms with van der Waals surface area (Å²) in [6.45, 7) is 23.0. The summed E-state index contributed by atoms with van der Waals surface area (Å²) in [5.41, 5.74) is 4.10. The number of carbonyl (C=O) groups is 7. The standard InChI is InChI=1S/C27H48N4O9S.C14H26N2O4/c1-11-17(2)38-23(34)29-19(16-41-10)20(32)15-18(21(33)37-9)13-12-14-28-22(30-24(35)39-26(3,4)5)31-25(36)40-27(6,7)8;1-10(16-13(18)20-14(2,3)4)8-6-7-9-11(15)12(17)19-5/h17-19H,11-16H2,1-10H3,(H,29,34)(H2,28,30,31,35,36);11H,1,6-9,15H2,2-5H3,(H,16,18)/t17?,18?,19-;/m0./s1. The summed E-state index contributed by atoms with van der Waals surface area (Å²) in [6.07, 6.45) is 2.32. The Kier molecular flexibility index (Phi) is 28.4. The highest BCUT2D eigenvalue weighted by Gasteiger charge is 2.29. The fourth-order valence-electron chi connectivity index (χ4n) is 4.60. The van der Waals surface area contributed by atoms with Crippen molar-refractivity contribution in [2.75, 3.05) is 32.8 Å². The molecule has 0 saturated heterocycles. The lowest BCUT2D eigenvalue weighted by Gasteiger charge is -2.22. The number of aliphatic imine (C=N–C) groups is 1. The summed E-state index contributed by atoms with van der Waals surface area (Å²) >= 11 is 1.37. The molecular formula is C41H74N6O13S. The van der Waals surface area contributed by atoms with E-state index in [9.17, 15) is 33.6 Å². The second-order valence-electron chi connectivity index (χ2n) is 16.9. The van der Waals surface area contributed by atoms with Crippen LogP contribution in [0.5, 0.6) is 0 Å². The van der Waals surface area contributed by atoms with Gasteiger partial charge in [0.05, 0.1) is 26.2 Å². The number of allylic oxidation sites excluding steroid dienone is 1. The number of nitrogens with two attached hydrogens (primary N) is 1. The lowest BCUT2D eigenvalue weighted by Crippen LogP contribution is -2.47. The number of nitrogens with one attached hydrogen (secondary N) is 4. The first-order valence-electron chi connectivity index (χ1n) is 20.2. The third-order valence-corrected chi connectivity index (χ3v) is 8.19. The van der Waals surface area contributed by atoms with E-state index < -0.39 is 71.1 Å². The van der Waals surface area contributed by atoms with Crippen LogP contribution in [-0.2, 0) is 42.8 Å². The van der Waals surface area contributed by atoms with Gasteiger partial charge in [-0.05, 0) is 114 Å². The number of ketones is 1. The Bertz CT molecular complexity index is 1420. The van der Waals surface area contributed by atoms with E-state index in [2.05, 4.69) is 37.6 Å². The Hall–Kier alpha value is -4.59. The van der Waals surface area contributed by atoms with Crippen LogP contribution >= 0.6 is 11.8 Å². The molecule has 6 N–H and O–H groups in total. The van der Waals surface area contributed by atoms with E-state index in [1.165, 1.54) is 26.0 Å². The van der Waals surface area contributed by atoms with E-state index in [-0.39, 0.29) is 37.2 Å². The van der Waals surface area contributed by atoms with Crippen LogP contribution in [0.4, 0.5) is 19.2 Å². The second kappa shape index (κ2) is 29.6. The topological polar surface area (TPSA) is 261 Å². The van der Waals surface area contributed by atoms with Gasteiger partial charge in [0.2, 0.25) is 5.96 Å². The highest BCUT2D eigenvalue weighted by Crippen LogP contribution is 2.17. The van der Waals surface area contributed by atoms with Gasteiger partial charge >= 0.3 is 36.3 Å². The largest absolute Gasteiger partial charge is 0.469 e. The van der Waals surface area contributed by atoms with Crippen molar-refractivity contribution in [3.8, 4) is 0 Å². The minimum Gasteiger partial charge on any atom is -0.469 e. The van der Waals surface area contributed by atoms with E-state index in [1.807, 2.05) is 6.92 Å². The normalized spacial score (nSPS) is 13.2. The number of Topliss-reactive ketones (excluding diaryl/α,β-unsaturated/α-hetero) is 1. The highest BCUT2D eigenvalue weighted by atomic mass is 32.2. The molecule has 0 aliphatic heterocycles. The number of alkyl carbamates (subject to hydrolysis) is 4. The molecule has 0 heterocycles. The van der Waals surface area contributed by atoms with Crippen LogP contribution < -0.4 is 27.0 Å². The second-order valence-corrected chi connectivity index (χ2v) is 17.8. The average Bonchev–Trinajstić information content (AvgIpc) is 3.11. The zero-order valence-electron chi connectivity index (χ0n) is 38.8. The summed E-state index contributed by atoms with van der Waals surface area (Å²) in [7, 11) is 2.54. The minimum absolute atomic E-state index is 0.0797. The van der Waals surface area contributed by atoms with Crippen LogP contribution in [0.15, 0.2) is 17.3 Å². The van der Waals surface area contributed by atoms with E-state index in [4.69, 9.17) is 29.4 Å². The number of rotatable bonds is 20. The monoisotopic (exact) mass is 891 g/mol. The van der Waals surface area contributed by atoms with Gasteiger partial charge < -0.3 is 39.5 Å². The molecule has 0 radical (unpaired) electrons. The molecule has 0 aromatic rings. The van der Waals surface area contributed by atoms with Crippen molar-refractivity contribution in [3.63, 3.8) is 0 Å². The fourth-order valence-corrected chi connectivity index (χ4v) is 5.20. The molecule has 0 aromatic heterocycles. The Balaban J connectivity index is 0. The molecule has 352 valence electrons. The molecule has 4 amide bonds. The lowest BCUT2D eigenvalue weighted by atomic mass is 9.94. The maximum Gasteiger partial charge on any atom is 0.414 e. The Morgan fingerprint density at radius 1 is 0.721 bits per heavy atom. The molecule has 0 spiro atoms.